The number of amides is 1. The smallest absolute Gasteiger partial charge is 0.225 e. The standard InChI is InChI=1S/C16H26INO3S/c1-2-3-8-22-13-9-14(19)18(16(13)21)10-11-4-6-12(7-5-11)15(17)20/h11-13,16,21H,2-10H2,1H3. The zero-order chi connectivity index (χ0) is 16.1. The van der Waals surface area contributed by atoms with Crippen LogP contribution in [-0.2, 0) is 9.59 Å². The molecule has 0 aromatic carbocycles. The summed E-state index contributed by atoms with van der Waals surface area (Å²) in [5.74, 6) is 1.74. The van der Waals surface area contributed by atoms with Crippen molar-refractivity contribution in [3.8, 4) is 0 Å². The molecule has 1 saturated carbocycles. The van der Waals surface area contributed by atoms with E-state index in [-0.39, 0.29) is 20.9 Å². The van der Waals surface area contributed by atoms with Gasteiger partial charge in [0.05, 0.1) is 5.25 Å². The number of hydrogen-bond acceptors (Lipinski definition) is 4. The molecule has 2 atom stereocenters. The highest BCUT2D eigenvalue weighted by atomic mass is 127. The van der Waals surface area contributed by atoms with E-state index >= 15 is 0 Å². The minimum Gasteiger partial charge on any atom is -0.372 e. The topological polar surface area (TPSA) is 57.6 Å². The van der Waals surface area contributed by atoms with Gasteiger partial charge in [-0.25, -0.2) is 0 Å². The van der Waals surface area contributed by atoms with Gasteiger partial charge in [-0.2, -0.15) is 11.8 Å². The lowest BCUT2D eigenvalue weighted by Gasteiger charge is -2.32. The van der Waals surface area contributed by atoms with E-state index in [9.17, 15) is 14.7 Å². The van der Waals surface area contributed by atoms with Crippen LogP contribution in [-0.4, -0.2) is 43.5 Å². The van der Waals surface area contributed by atoms with Crippen LogP contribution < -0.4 is 0 Å². The Balaban J connectivity index is 1.80. The van der Waals surface area contributed by atoms with Crippen molar-refractivity contribution in [2.75, 3.05) is 12.3 Å². The quantitative estimate of drug-likeness (QED) is 0.376. The highest BCUT2D eigenvalue weighted by molar-refractivity contribution is 14.1. The van der Waals surface area contributed by atoms with Crippen LogP contribution in [0.1, 0.15) is 51.9 Å². The summed E-state index contributed by atoms with van der Waals surface area (Å²) in [6, 6.07) is 0. The van der Waals surface area contributed by atoms with E-state index in [1.165, 1.54) is 0 Å². The van der Waals surface area contributed by atoms with Crippen LogP contribution in [0.2, 0.25) is 0 Å². The van der Waals surface area contributed by atoms with E-state index in [0.29, 0.717) is 18.9 Å². The van der Waals surface area contributed by atoms with Gasteiger partial charge in [0.1, 0.15) is 6.23 Å². The number of halogens is 1. The highest BCUT2D eigenvalue weighted by Gasteiger charge is 2.40. The third kappa shape index (κ3) is 4.84. The number of rotatable bonds is 7. The van der Waals surface area contributed by atoms with Crippen LogP contribution in [0, 0.1) is 11.8 Å². The summed E-state index contributed by atoms with van der Waals surface area (Å²) in [5, 5.41) is 10.5. The van der Waals surface area contributed by atoms with Crippen LogP contribution in [0.15, 0.2) is 0 Å². The number of likely N-dealkylation sites (tertiary alicyclic amines) is 1. The Kier molecular flexibility index (Phi) is 7.47. The summed E-state index contributed by atoms with van der Waals surface area (Å²) in [6.07, 6.45) is 5.96. The van der Waals surface area contributed by atoms with Gasteiger partial charge in [0.15, 0.2) is 3.79 Å². The van der Waals surface area contributed by atoms with Gasteiger partial charge in [-0.3, -0.25) is 9.59 Å². The molecule has 6 heteroatoms. The summed E-state index contributed by atoms with van der Waals surface area (Å²) < 4.78 is 0.265. The first kappa shape index (κ1) is 18.5. The van der Waals surface area contributed by atoms with Gasteiger partial charge in [0.25, 0.3) is 0 Å². The average Bonchev–Trinajstić information content (AvgIpc) is 2.76. The van der Waals surface area contributed by atoms with Crippen molar-refractivity contribution >= 4 is 44.0 Å². The third-order valence-electron chi connectivity index (χ3n) is 4.80. The number of aliphatic hydroxyl groups is 1. The molecule has 0 spiro atoms. The van der Waals surface area contributed by atoms with Gasteiger partial charge < -0.3 is 10.0 Å². The maximum atomic E-state index is 12.2. The Bertz CT molecular complexity index is 399. The number of carbonyl (C=O) groups is 2. The van der Waals surface area contributed by atoms with Crippen molar-refractivity contribution in [1.82, 2.24) is 4.90 Å². The molecule has 2 rings (SSSR count). The maximum absolute atomic E-state index is 12.2. The maximum Gasteiger partial charge on any atom is 0.225 e. The molecule has 2 unspecified atom stereocenters. The molecular formula is C16H26INO3S. The number of nitrogens with zero attached hydrogens (tertiary/aromatic N) is 1. The molecule has 22 heavy (non-hydrogen) atoms. The summed E-state index contributed by atoms with van der Waals surface area (Å²) in [4.78, 5) is 25.3. The highest BCUT2D eigenvalue weighted by Crippen LogP contribution is 2.34. The van der Waals surface area contributed by atoms with Crippen molar-refractivity contribution in [3.63, 3.8) is 0 Å². The van der Waals surface area contributed by atoms with Crippen LogP contribution in [0.4, 0.5) is 0 Å². The van der Waals surface area contributed by atoms with Gasteiger partial charge in [0.2, 0.25) is 5.91 Å². The Morgan fingerprint density at radius 1 is 1.36 bits per heavy atom. The van der Waals surface area contributed by atoms with Gasteiger partial charge >= 0.3 is 0 Å². The normalized spacial score (nSPS) is 32.5. The van der Waals surface area contributed by atoms with E-state index in [4.69, 9.17) is 0 Å². The van der Waals surface area contributed by atoms with Gasteiger partial charge in [-0.15, -0.1) is 0 Å². The Morgan fingerprint density at radius 2 is 2.05 bits per heavy atom. The van der Waals surface area contributed by atoms with E-state index in [2.05, 4.69) is 6.92 Å². The zero-order valence-electron chi connectivity index (χ0n) is 13.2. The molecule has 126 valence electrons. The van der Waals surface area contributed by atoms with Crippen molar-refractivity contribution in [2.24, 2.45) is 11.8 Å². The first-order valence-electron chi connectivity index (χ1n) is 8.31. The predicted octanol–water partition coefficient (Wildman–Crippen LogP) is 3.21. The van der Waals surface area contributed by atoms with Crippen molar-refractivity contribution in [2.45, 2.75) is 63.3 Å². The zero-order valence-corrected chi connectivity index (χ0v) is 16.1. The summed E-state index contributed by atoms with van der Waals surface area (Å²) in [7, 11) is 0. The van der Waals surface area contributed by atoms with E-state index in [0.717, 1.165) is 44.3 Å². The van der Waals surface area contributed by atoms with E-state index in [1.807, 2.05) is 22.6 Å². The molecule has 1 N–H and O–H groups in total. The SMILES string of the molecule is CCCCSC1CC(=O)N(CC2CCC(C(=O)I)CC2)C1O. The molecule has 1 saturated heterocycles. The molecule has 2 aliphatic rings. The molecular weight excluding hydrogens is 413 g/mol. The fraction of sp³-hybridized carbons (Fsp3) is 0.875. The van der Waals surface area contributed by atoms with E-state index in [1.54, 1.807) is 16.7 Å². The van der Waals surface area contributed by atoms with Crippen LogP contribution >= 0.6 is 34.4 Å². The number of unbranched alkanes of at least 4 members (excludes halogenated alkanes) is 1. The molecule has 0 bridgehead atoms. The number of hydrogen-bond donors (Lipinski definition) is 1. The Labute approximate surface area is 150 Å². The Morgan fingerprint density at radius 3 is 2.64 bits per heavy atom. The third-order valence-corrected chi connectivity index (χ3v) is 7.04. The second-order valence-electron chi connectivity index (χ2n) is 6.45. The predicted molar refractivity (Wildman–Crippen MR) is 98.0 cm³/mol. The molecule has 1 aliphatic heterocycles. The molecule has 0 aromatic heterocycles. The molecule has 4 nitrogen and oxygen atoms in total. The lowest BCUT2D eigenvalue weighted by Crippen LogP contribution is -2.40. The summed E-state index contributed by atoms with van der Waals surface area (Å²) in [6.45, 7) is 2.81. The monoisotopic (exact) mass is 439 g/mol. The van der Waals surface area contributed by atoms with Crippen molar-refractivity contribution in [1.29, 1.82) is 0 Å². The minimum absolute atomic E-state index is 0.0336. The van der Waals surface area contributed by atoms with E-state index < -0.39 is 6.23 Å². The summed E-state index contributed by atoms with van der Waals surface area (Å²) in [5.41, 5.74) is 0. The molecule has 1 heterocycles. The molecule has 1 amide bonds. The van der Waals surface area contributed by atoms with Crippen LogP contribution in [0.3, 0.4) is 0 Å². The summed E-state index contributed by atoms with van der Waals surface area (Å²) >= 11 is 3.63. The average molecular weight is 439 g/mol. The van der Waals surface area contributed by atoms with Gasteiger partial charge in [0, 0.05) is 18.9 Å². The fourth-order valence-electron chi connectivity index (χ4n) is 3.33. The van der Waals surface area contributed by atoms with Crippen LogP contribution in [0.25, 0.3) is 0 Å². The Hall–Kier alpha value is 0.180. The van der Waals surface area contributed by atoms with Crippen LogP contribution in [0.5, 0.6) is 0 Å². The molecule has 2 fully saturated rings. The van der Waals surface area contributed by atoms with Gasteiger partial charge in [-0.05, 0) is 66.4 Å². The van der Waals surface area contributed by atoms with Gasteiger partial charge in [-0.1, -0.05) is 13.3 Å². The second kappa shape index (κ2) is 8.87. The lowest BCUT2D eigenvalue weighted by atomic mass is 9.82. The van der Waals surface area contributed by atoms with Crippen molar-refractivity contribution in [3.05, 3.63) is 0 Å². The minimum atomic E-state index is -0.627. The largest absolute Gasteiger partial charge is 0.372 e. The second-order valence-corrected chi connectivity index (χ2v) is 8.86. The molecule has 0 radical (unpaired) electrons. The molecule has 0 aromatic rings. The first-order chi connectivity index (χ1) is 10.5. The molecule has 1 aliphatic carbocycles. The number of carbonyl (C=O) groups excluding carboxylic acids is 2. The fourth-order valence-corrected chi connectivity index (χ4v) is 5.29. The first-order valence-corrected chi connectivity index (χ1v) is 10.4. The lowest BCUT2D eigenvalue weighted by molar-refractivity contribution is -0.134. The van der Waals surface area contributed by atoms with Crippen molar-refractivity contribution < 1.29 is 14.7 Å². The number of thioether (sulfide) groups is 1. The number of aliphatic hydroxyl groups excluding tert-OH is 1.